The molecule has 0 atom stereocenters. The van der Waals surface area contributed by atoms with Crippen LogP contribution in [-0.4, -0.2) is 18.2 Å². The monoisotopic (exact) mass is 243 g/mol. The zero-order valence-corrected chi connectivity index (χ0v) is 11.2. The molecule has 0 aliphatic rings. The van der Waals surface area contributed by atoms with Gasteiger partial charge in [0.25, 0.3) is 0 Å². The third kappa shape index (κ3) is 2.78. The maximum absolute atomic E-state index is 10.7. The van der Waals surface area contributed by atoms with E-state index in [1.807, 2.05) is 0 Å². The summed E-state index contributed by atoms with van der Waals surface area (Å²) < 4.78 is 4.82. The van der Waals surface area contributed by atoms with Crippen LogP contribution < -0.4 is 34.3 Å². The average Bonchev–Trinajstić information content (AvgIpc) is 2.07. The van der Waals surface area contributed by atoms with Crippen LogP contribution >= 0.6 is 23.2 Å². The van der Waals surface area contributed by atoms with E-state index in [4.69, 9.17) is 33.0 Å². The van der Waals surface area contributed by atoms with Crippen molar-refractivity contribution in [2.75, 3.05) is 7.11 Å². The van der Waals surface area contributed by atoms with Gasteiger partial charge in [0, 0.05) is 0 Å². The maximum Gasteiger partial charge on any atom is 1.00 e. The van der Waals surface area contributed by atoms with Crippen molar-refractivity contribution in [1.29, 1.82) is 0 Å². The van der Waals surface area contributed by atoms with Gasteiger partial charge in [-0.1, -0.05) is 23.2 Å². The summed E-state index contributed by atoms with van der Waals surface area (Å²) in [6.07, 6.45) is 0. The molecule has 0 radical (unpaired) electrons. The van der Waals surface area contributed by atoms with Crippen molar-refractivity contribution in [3.63, 3.8) is 0 Å². The number of carbonyl (C=O) groups is 1. The molecular weight excluding hydrogens is 238 g/mol. The molecule has 0 heterocycles. The van der Waals surface area contributed by atoms with Crippen LogP contribution in [0.25, 0.3) is 0 Å². The largest absolute Gasteiger partial charge is 1.00 e. The van der Waals surface area contributed by atoms with Crippen molar-refractivity contribution >= 4 is 29.2 Å². The fourth-order valence-corrected chi connectivity index (χ4v) is 1.40. The van der Waals surface area contributed by atoms with E-state index in [9.17, 15) is 4.79 Å². The average molecular weight is 244 g/mol. The standard InChI is InChI=1S/C8H6Cl2O3.Na/c1-13-7-5(10)3-2-4(9)6(7)8(11)12;/h2-3H,1H3,(H,11,12);/q;+1. The van der Waals surface area contributed by atoms with Crippen LogP contribution in [0.2, 0.25) is 10.0 Å². The summed E-state index contributed by atoms with van der Waals surface area (Å²) in [6, 6.07) is 2.89. The Kier molecular flexibility index (Phi) is 5.86. The Morgan fingerprint density at radius 1 is 1.36 bits per heavy atom. The molecule has 0 amide bonds. The zero-order valence-electron chi connectivity index (χ0n) is 7.67. The van der Waals surface area contributed by atoms with Gasteiger partial charge in [0.2, 0.25) is 0 Å². The number of halogens is 2. The first-order valence-corrected chi connectivity index (χ1v) is 4.08. The van der Waals surface area contributed by atoms with E-state index >= 15 is 0 Å². The van der Waals surface area contributed by atoms with E-state index < -0.39 is 5.97 Å². The predicted molar refractivity (Wildman–Crippen MR) is 50.0 cm³/mol. The third-order valence-electron chi connectivity index (χ3n) is 1.48. The SMILES string of the molecule is COc1c(Cl)ccc(Cl)c1C(=O)O.[Na+]. The van der Waals surface area contributed by atoms with Crippen LogP contribution in [0.1, 0.15) is 10.4 Å². The van der Waals surface area contributed by atoms with Gasteiger partial charge in [-0.15, -0.1) is 0 Å². The molecule has 0 aliphatic heterocycles. The minimum Gasteiger partial charge on any atom is -0.494 e. The Hall–Kier alpha value is 0.0700. The summed E-state index contributed by atoms with van der Waals surface area (Å²) in [5.41, 5.74) is -0.114. The summed E-state index contributed by atoms with van der Waals surface area (Å²) in [4.78, 5) is 10.7. The minimum absolute atomic E-state index is 0. The number of hydrogen-bond donors (Lipinski definition) is 1. The van der Waals surface area contributed by atoms with Gasteiger partial charge in [-0.3, -0.25) is 0 Å². The number of benzene rings is 1. The smallest absolute Gasteiger partial charge is 0.494 e. The molecule has 0 aromatic heterocycles. The summed E-state index contributed by atoms with van der Waals surface area (Å²) in [7, 11) is 1.34. The number of carboxylic acids is 1. The van der Waals surface area contributed by atoms with Crippen LogP contribution in [0.5, 0.6) is 5.75 Å². The Bertz CT molecular complexity index is 355. The molecule has 0 bridgehead atoms. The molecule has 0 aliphatic carbocycles. The number of aromatic carboxylic acids is 1. The zero-order chi connectivity index (χ0) is 10.0. The van der Waals surface area contributed by atoms with Gasteiger partial charge in [0.05, 0.1) is 17.2 Å². The Labute approximate surface area is 113 Å². The van der Waals surface area contributed by atoms with E-state index in [-0.39, 0.29) is 50.9 Å². The van der Waals surface area contributed by atoms with Crippen LogP contribution in [0.3, 0.4) is 0 Å². The van der Waals surface area contributed by atoms with Gasteiger partial charge in [0.1, 0.15) is 5.56 Å². The first-order valence-electron chi connectivity index (χ1n) is 3.33. The van der Waals surface area contributed by atoms with E-state index in [0.29, 0.717) is 0 Å². The van der Waals surface area contributed by atoms with Crippen LogP contribution in [-0.2, 0) is 0 Å². The van der Waals surface area contributed by atoms with Crippen LogP contribution in [0.15, 0.2) is 12.1 Å². The fourth-order valence-electron chi connectivity index (χ4n) is 0.932. The van der Waals surface area contributed by atoms with E-state index in [0.717, 1.165) is 0 Å². The first-order chi connectivity index (χ1) is 6.07. The Morgan fingerprint density at radius 2 is 1.86 bits per heavy atom. The molecule has 70 valence electrons. The maximum atomic E-state index is 10.7. The molecule has 14 heavy (non-hydrogen) atoms. The molecule has 1 rings (SSSR count). The molecule has 0 spiro atoms. The van der Waals surface area contributed by atoms with E-state index in [1.54, 1.807) is 0 Å². The van der Waals surface area contributed by atoms with Gasteiger partial charge in [-0.25, -0.2) is 4.79 Å². The summed E-state index contributed by atoms with van der Waals surface area (Å²) >= 11 is 11.4. The van der Waals surface area contributed by atoms with Crippen molar-refractivity contribution < 1.29 is 44.2 Å². The van der Waals surface area contributed by atoms with Gasteiger partial charge < -0.3 is 9.84 Å². The van der Waals surface area contributed by atoms with Crippen LogP contribution in [0, 0.1) is 0 Å². The van der Waals surface area contributed by atoms with Crippen molar-refractivity contribution in [2.24, 2.45) is 0 Å². The Morgan fingerprint density at radius 3 is 2.21 bits per heavy atom. The fraction of sp³-hybridized carbons (Fsp3) is 0.125. The van der Waals surface area contributed by atoms with Gasteiger partial charge in [-0.05, 0) is 12.1 Å². The second kappa shape index (κ2) is 5.83. The second-order valence-electron chi connectivity index (χ2n) is 2.24. The summed E-state index contributed by atoms with van der Waals surface area (Å²) in [5, 5.41) is 9.11. The van der Waals surface area contributed by atoms with Crippen molar-refractivity contribution in [3.05, 3.63) is 27.7 Å². The molecule has 0 fully saturated rings. The van der Waals surface area contributed by atoms with Gasteiger partial charge >= 0.3 is 35.5 Å². The quantitative estimate of drug-likeness (QED) is 0.727. The van der Waals surface area contributed by atoms with E-state index in [2.05, 4.69) is 0 Å². The summed E-state index contributed by atoms with van der Waals surface area (Å²) in [6.45, 7) is 0. The number of hydrogen-bond acceptors (Lipinski definition) is 2. The molecule has 1 aromatic rings. The topological polar surface area (TPSA) is 46.5 Å². The molecule has 0 unspecified atom stereocenters. The first kappa shape index (κ1) is 14.1. The third-order valence-corrected chi connectivity index (χ3v) is 2.09. The predicted octanol–water partition coefficient (Wildman–Crippen LogP) is -0.296. The van der Waals surface area contributed by atoms with E-state index in [1.165, 1.54) is 19.2 Å². The second-order valence-corrected chi connectivity index (χ2v) is 3.06. The number of carboxylic acid groups (broad SMARTS) is 1. The van der Waals surface area contributed by atoms with Crippen molar-refractivity contribution in [3.8, 4) is 5.75 Å². The number of methoxy groups -OCH3 is 1. The molecule has 3 nitrogen and oxygen atoms in total. The normalized spacial score (nSPS) is 9.07. The molecule has 0 saturated carbocycles. The van der Waals surface area contributed by atoms with Gasteiger partial charge in [0.15, 0.2) is 5.75 Å². The molecule has 6 heteroatoms. The Balaban J connectivity index is 0.00000169. The summed E-state index contributed by atoms with van der Waals surface area (Å²) in [5.74, 6) is -1.08. The number of rotatable bonds is 2. The molecule has 1 N–H and O–H groups in total. The minimum atomic E-state index is -1.16. The molecule has 1 aromatic carbocycles. The number of ether oxygens (including phenoxy) is 1. The van der Waals surface area contributed by atoms with Gasteiger partial charge in [-0.2, -0.15) is 0 Å². The van der Waals surface area contributed by atoms with Crippen LogP contribution in [0.4, 0.5) is 0 Å². The molecule has 0 saturated heterocycles. The van der Waals surface area contributed by atoms with Crippen molar-refractivity contribution in [2.45, 2.75) is 0 Å². The van der Waals surface area contributed by atoms with Crippen molar-refractivity contribution in [1.82, 2.24) is 0 Å². The molecular formula is C8H6Cl2NaO3+.